The molecule has 0 bridgehead atoms. The van der Waals surface area contributed by atoms with Gasteiger partial charge in [-0.2, -0.15) is 4.98 Å². The van der Waals surface area contributed by atoms with Gasteiger partial charge in [0.15, 0.2) is 0 Å². The third-order valence-electron chi connectivity index (χ3n) is 3.55. The Morgan fingerprint density at radius 3 is 2.75 bits per heavy atom. The Balaban J connectivity index is 0.00000147. The Hall–Kier alpha value is -1.46. The molecule has 0 radical (unpaired) electrons. The number of aromatic nitrogens is 2. The van der Waals surface area contributed by atoms with Crippen molar-refractivity contribution in [2.75, 3.05) is 13.1 Å². The highest BCUT2D eigenvalue weighted by atomic mass is 35.5. The Morgan fingerprint density at radius 1 is 1.30 bits per heavy atom. The number of halogens is 2. The van der Waals surface area contributed by atoms with Gasteiger partial charge in [0.1, 0.15) is 5.82 Å². The molecule has 3 rings (SSSR count). The van der Waals surface area contributed by atoms with Crippen LogP contribution < -0.4 is 5.32 Å². The molecule has 1 aromatic heterocycles. The molecule has 20 heavy (non-hydrogen) atoms. The molecule has 0 atom stereocenters. The van der Waals surface area contributed by atoms with Crippen LogP contribution in [0.3, 0.4) is 0 Å². The number of hydrogen-bond acceptors (Lipinski definition) is 4. The van der Waals surface area contributed by atoms with E-state index in [4.69, 9.17) is 4.52 Å². The molecule has 0 aliphatic carbocycles. The van der Waals surface area contributed by atoms with Gasteiger partial charge < -0.3 is 9.84 Å². The number of piperidine rings is 1. The van der Waals surface area contributed by atoms with Crippen LogP contribution in [0.15, 0.2) is 22.7 Å². The minimum absolute atomic E-state index is 0. The van der Waals surface area contributed by atoms with Crippen molar-refractivity contribution in [2.24, 2.45) is 0 Å². The lowest BCUT2D eigenvalue weighted by Crippen LogP contribution is -2.26. The van der Waals surface area contributed by atoms with Crippen LogP contribution in [-0.2, 0) is 0 Å². The van der Waals surface area contributed by atoms with Gasteiger partial charge in [0.2, 0.25) is 11.7 Å². The molecular formula is C14H17ClFN3O. The summed E-state index contributed by atoms with van der Waals surface area (Å²) >= 11 is 0. The third kappa shape index (κ3) is 2.99. The normalized spacial score (nSPS) is 15.9. The smallest absolute Gasteiger partial charge is 0.230 e. The first-order chi connectivity index (χ1) is 9.24. The third-order valence-corrected chi connectivity index (χ3v) is 3.55. The summed E-state index contributed by atoms with van der Waals surface area (Å²) in [6, 6.07) is 4.86. The van der Waals surface area contributed by atoms with Crippen molar-refractivity contribution in [1.29, 1.82) is 0 Å². The minimum atomic E-state index is -0.217. The van der Waals surface area contributed by atoms with Crippen LogP contribution >= 0.6 is 12.4 Å². The monoisotopic (exact) mass is 297 g/mol. The zero-order chi connectivity index (χ0) is 13.2. The van der Waals surface area contributed by atoms with Crippen molar-refractivity contribution >= 4 is 12.4 Å². The van der Waals surface area contributed by atoms with Crippen molar-refractivity contribution in [3.05, 3.63) is 35.5 Å². The molecule has 1 N–H and O–H groups in total. The zero-order valence-electron chi connectivity index (χ0n) is 11.2. The Bertz CT molecular complexity index is 582. The first-order valence-electron chi connectivity index (χ1n) is 6.55. The van der Waals surface area contributed by atoms with E-state index in [1.54, 1.807) is 19.1 Å². The van der Waals surface area contributed by atoms with Gasteiger partial charge in [-0.1, -0.05) is 5.16 Å². The molecule has 6 heteroatoms. The number of nitrogens with zero attached hydrogens (tertiary/aromatic N) is 2. The Labute approximate surface area is 123 Å². The minimum Gasteiger partial charge on any atom is -0.339 e. The van der Waals surface area contributed by atoms with E-state index >= 15 is 0 Å². The number of benzene rings is 1. The van der Waals surface area contributed by atoms with Gasteiger partial charge in [-0.15, -0.1) is 12.4 Å². The maximum absolute atomic E-state index is 13.2. The molecule has 4 nitrogen and oxygen atoms in total. The summed E-state index contributed by atoms with van der Waals surface area (Å²) in [4.78, 5) is 4.45. The quantitative estimate of drug-likeness (QED) is 0.925. The lowest BCUT2D eigenvalue weighted by Gasteiger charge is -2.18. The molecule has 1 saturated heterocycles. The van der Waals surface area contributed by atoms with E-state index in [0.29, 0.717) is 23.2 Å². The average molecular weight is 298 g/mol. The summed E-state index contributed by atoms with van der Waals surface area (Å²) in [7, 11) is 0. The van der Waals surface area contributed by atoms with Crippen molar-refractivity contribution < 1.29 is 8.91 Å². The van der Waals surface area contributed by atoms with Crippen LogP contribution in [0.25, 0.3) is 11.4 Å². The van der Waals surface area contributed by atoms with Gasteiger partial charge >= 0.3 is 0 Å². The van der Waals surface area contributed by atoms with E-state index in [9.17, 15) is 4.39 Å². The van der Waals surface area contributed by atoms with Crippen LogP contribution in [-0.4, -0.2) is 23.2 Å². The van der Waals surface area contributed by atoms with E-state index in [2.05, 4.69) is 15.5 Å². The maximum Gasteiger partial charge on any atom is 0.230 e. The highest BCUT2D eigenvalue weighted by molar-refractivity contribution is 5.85. The number of rotatable bonds is 2. The molecule has 1 aromatic carbocycles. The van der Waals surface area contributed by atoms with Crippen LogP contribution in [0, 0.1) is 12.7 Å². The molecule has 1 fully saturated rings. The summed E-state index contributed by atoms with van der Waals surface area (Å²) in [6.45, 7) is 3.70. The SMILES string of the molecule is Cc1cc(-c2noc(C3CCNCC3)n2)ccc1F.Cl. The zero-order valence-corrected chi connectivity index (χ0v) is 12.0. The van der Waals surface area contributed by atoms with Gasteiger partial charge in [-0.05, 0) is 56.6 Å². The topological polar surface area (TPSA) is 51.0 Å². The largest absolute Gasteiger partial charge is 0.339 e. The highest BCUT2D eigenvalue weighted by Gasteiger charge is 2.21. The Kier molecular flexibility index (Phi) is 4.73. The van der Waals surface area contributed by atoms with E-state index in [1.807, 2.05) is 0 Å². The van der Waals surface area contributed by atoms with E-state index in [-0.39, 0.29) is 18.2 Å². The summed E-state index contributed by atoms with van der Waals surface area (Å²) in [6.07, 6.45) is 2.04. The first-order valence-corrected chi connectivity index (χ1v) is 6.55. The second kappa shape index (κ2) is 6.33. The number of aryl methyl sites for hydroxylation is 1. The highest BCUT2D eigenvalue weighted by Crippen LogP contribution is 2.26. The van der Waals surface area contributed by atoms with Crippen LogP contribution in [0.4, 0.5) is 4.39 Å². The fourth-order valence-corrected chi connectivity index (χ4v) is 2.37. The van der Waals surface area contributed by atoms with Crippen LogP contribution in [0.2, 0.25) is 0 Å². The molecule has 2 aromatic rings. The molecule has 0 spiro atoms. The maximum atomic E-state index is 13.2. The summed E-state index contributed by atoms with van der Waals surface area (Å²) in [5, 5.41) is 7.31. The number of nitrogens with one attached hydrogen (secondary N) is 1. The van der Waals surface area contributed by atoms with Crippen molar-refractivity contribution in [2.45, 2.75) is 25.7 Å². The molecular weight excluding hydrogens is 281 g/mol. The predicted octanol–water partition coefficient (Wildman–Crippen LogP) is 3.07. The summed E-state index contributed by atoms with van der Waals surface area (Å²) in [5.74, 6) is 1.35. The van der Waals surface area contributed by atoms with Gasteiger partial charge in [0.25, 0.3) is 0 Å². The van der Waals surface area contributed by atoms with Gasteiger partial charge in [-0.3, -0.25) is 0 Å². The van der Waals surface area contributed by atoms with E-state index in [1.165, 1.54) is 6.07 Å². The molecule has 0 unspecified atom stereocenters. The van der Waals surface area contributed by atoms with Crippen LogP contribution in [0.5, 0.6) is 0 Å². The second-order valence-corrected chi connectivity index (χ2v) is 4.94. The summed E-state index contributed by atoms with van der Waals surface area (Å²) in [5.41, 5.74) is 1.38. The fraction of sp³-hybridized carbons (Fsp3) is 0.429. The second-order valence-electron chi connectivity index (χ2n) is 4.94. The molecule has 1 aliphatic rings. The van der Waals surface area contributed by atoms with Gasteiger partial charge in [0.05, 0.1) is 0 Å². The molecule has 108 valence electrons. The fourth-order valence-electron chi connectivity index (χ4n) is 2.37. The lowest BCUT2D eigenvalue weighted by atomic mass is 9.98. The van der Waals surface area contributed by atoms with Gasteiger partial charge in [-0.25, -0.2) is 4.39 Å². The molecule has 1 aliphatic heterocycles. The van der Waals surface area contributed by atoms with Crippen LogP contribution in [0.1, 0.15) is 30.2 Å². The molecule has 2 heterocycles. The predicted molar refractivity (Wildman–Crippen MR) is 76.5 cm³/mol. The Morgan fingerprint density at radius 2 is 2.05 bits per heavy atom. The summed E-state index contributed by atoms with van der Waals surface area (Å²) < 4.78 is 18.6. The van der Waals surface area contributed by atoms with Crippen molar-refractivity contribution in [3.8, 4) is 11.4 Å². The van der Waals surface area contributed by atoms with Gasteiger partial charge in [0, 0.05) is 11.5 Å². The molecule has 0 saturated carbocycles. The molecule has 0 amide bonds. The van der Waals surface area contributed by atoms with Crippen molar-refractivity contribution in [1.82, 2.24) is 15.5 Å². The number of hydrogen-bond donors (Lipinski definition) is 1. The first kappa shape index (κ1) is 14.9. The van der Waals surface area contributed by atoms with E-state index < -0.39 is 0 Å². The lowest BCUT2D eigenvalue weighted by molar-refractivity contribution is 0.320. The van der Waals surface area contributed by atoms with E-state index in [0.717, 1.165) is 31.5 Å². The standard InChI is InChI=1S/C14H16FN3O.ClH/c1-9-8-11(2-3-12(9)15)13-17-14(19-18-13)10-4-6-16-7-5-10;/h2-3,8,10,16H,4-7H2,1H3;1H. The van der Waals surface area contributed by atoms with Crippen molar-refractivity contribution in [3.63, 3.8) is 0 Å². The average Bonchev–Trinajstić information content (AvgIpc) is 2.93.